The topological polar surface area (TPSA) is 91.7 Å². The van der Waals surface area contributed by atoms with Gasteiger partial charge in [0.25, 0.3) is 5.91 Å². The number of furan rings is 1. The molecule has 2 N–H and O–H groups in total. The Bertz CT molecular complexity index is 995. The fraction of sp³-hybridized carbons (Fsp3) is 0.350. The average molecular weight is 436 g/mol. The monoisotopic (exact) mass is 435 g/mol. The maximum absolute atomic E-state index is 12.8. The Morgan fingerprint density at radius 2 is 1.93 bits per heavy atom. The molecule has 0 radical (unpaired) electrons. The van der Waals surface area contributed by atoms with Gasteiger partial charge in [-0.1, -0.05) is 30.1 Å². The second-order valence-electron chi connectivity index (χ2n) is 7.56. The van der Waals surface area contributed by atoms with Gasteiger partial charge in [0.15, 0.2) is 5.76 Å². The zero-order chi connectivity index (χ0) is 20.8. The fourth-order valence-electron chi connectivity index (χ4n) is 3.76. The van der Waals surface area contributed by atoms with Crippen LogP contribution in [0.4, 0.5) is 4.79 Å². The first-order valence-electron chi connectivity index (χ1n) is 9.32. The van der Waals surface area contributed by atoms with Crippen molar-refractivity contribution in [2.75, 3.05) is 0 Å². The van der Waals surface area contributed by atoms with Crippen LogP contribution in [0.1, 0.15) is 43.2 Å². The summed E-state index contributed by atoms with van der Waals surface area (Å²) >= 11 is 12.2. The molecule has 2 fully saturated rings. The van der Waals surface area contributed by atoms with E-state index in [9.17, 15) is 14.4 Å². The molecule has 7 nitrogen and oxygen atoms in total. The molecular formula is C20H19Cl2N3O4. The largest absolute Gasteiger partial charge is 0.451 e. The zero-order valence-corrected chi connectivity index (χ0v) is 17.1. The van der Waals surface area contributed by atoms with E-state index in [4.69, 9.17) is 27.6 Å². The van der Waals surface area contributed by atoms with Crippen molar-refractivity contribution >= 4 is 41.0 Å². The minimum atomic E-state index is -0.931. The first-order chi connectivity index (χ1) is 13.8. The highest BCUT2D eigenvalue weighted by Crippen LogP contribution is 2.36. The normalized spacial score (nSPS) is 24.1. The van der Waals surface area contributed by atoms with Gasteiger partial charge in [0.05, 0.1) is 5.02 Å². The van der Waals surface area contributed by atoms with Gasteiger partial charge in [-0.05, 0) is 61.9 Å². The lowest BCUT2D eigenvalue weighted by atomic mass is 9.77. The number of amides is 4. The van der Waals surface area contributed by atoms with Crippen molar-refractivity contribution in [1.29, 1.82) is 0 Å². The highest BCUT2D eigenvalue weighted by Gasteiger charge is 2.53. The van der Waals surface area contributed by atoms with E-state index >= 15 is 0 Å². The van der Waals surface area contributed by atoms with Crippen LogP contribution in [0.5, 0.6) is 0 Å². The molecule has 1 aromatic carbocycles. The van der Waals surface area contributed by atoms with Gasteiger partial charge in [-0.3, -0.25) is 9.59 Å². The molecule has 0 bridgehead atoms. The predicted octanol–water partition coefficient (Wildman–Crippen LogP) is 4.40. The molecule has 2 heterocycles. The first kappa shape index (κ1) is 19.8. The van der Waals surface area contributed by atoms with E-state index in [0.717, 1.165) is 17.9 Å². The number of nitrogens with one attached hydrogen (secondary N) is 2. The number of carbonyl (C=O) groups excluding carboxylic acids is 3. The summed E-state index contributed by atoms with van der Waals surface area (Å²) in [5.41, 5.74) is 1.95. The molecule has 29 heavy (non-hydrogen) atoms. The molecule has 1 aromatic heterocycles. The van der Waals surface area contributed by atoms with Gasteiger partial charge in [-0.25, -0.2) is 10.2 Å². The molecule has 9 heteroatoms. The van der Waals surface area contributed by atoms with Crippen LogP contribution >= 0.6 is 23.2 Å². The number of halogens is 2. The molecule has 1 aliphatic carbocycles. The van der Waals surface area contributed by atoms with Crippen molar-refractivity contribution in [2.24, 2.45) is 5.92 Å². The van der Waals surface area contributed by atoms with Gasteiger partial charge >= 0.3 is 11.9 Å². The predicted molar refractivity (Wildman–Crippen MR) is 107 cm³/mol. The maximum atomic E-state index is 12.8. The van der Waals surface area contributed by atoms with Crippen molar-refractivity contribution in [1.82, 2.24) is 15.8 Å². The van der Waals surface area contributed by atoms with Crippen LogP contribution in [0.15, 0.2) is 34.7 Å². The van der Waals surface area contributed by atoms with Crippen LogP contribution in [0.3, 0.4) is 0 Å². The lowest BCUT2D eigenvalue weighted by molar-refractivity contribution is -0.134. The van der Waals surface area contributed by atoms with Crippen LogP contribution in [-0.4, -0.2) is 28.4 Å². The second kappa shape index (κ2) is 7.39. The van der Waals surface area contributed by atoms with E-state index in [2.05, 4.69) is 17.7 Å². The summed E-state index contributed by atoms with van der Waals surface area (Å²) in [7, 11) is 0. The molecule has 1 saturated carbocycles. The Balaban J connectivity index is 1.50. The highest BCUT2D eigenvalue weighted by molar-refractivity contribution is 6.35. The molecule has 0 unspecified atom stereocenters. The van der Waals surface area contributed by atoms with Gasteiger partial charge in [0.1, 0.15) is 11.3 Å². The Morgan fingerprint density at radius 1 is 1.21 bits per heavy atom. The van der Waals surface area contributed by atoms with Crippen molar-refractivity contribution in [3.8, 4) is 11.3 Å². The number of benzene rings is 1. The minimum Gasteiger partial charge on any atom is -0.451 e. The van der Waals surface area contributed by atoms with Gasteiger partial charge < -0.3 is 9.73 Å². The molecule has 1 saturated heterocycles. The van der Waals surface area contributed by atoms with E-state index in [0.29, 0.717) is 40.1 Å². The molecule has 4 rings (SSSR count). The third-order valence-corrected chi connectivity index (χ3v) is 6.09. The number of hydrogen-bond donors (Lipinski definition) is 2. The first-order valence-corrected chi connectivity index (χ1v) is 10.1. The Hall–Kier alpha value is -2.51. The lowest BCUT2D eigenvalue weighted by Crippen LogP contribution is -2.51. The van der Waals surface area contributed by atoms with E-state index < -0.39 is 23.4 Å². The molecule has 0 atom stereocenters. The summed E-state index contributed by atoms with van der Waals surface area (Å²) in [6, 6.07) is 7.27. The molecule has 2 aromatic rings. The number of nitrogens with zero attached hydrogens (tertiary/aromatic N) is 1. The van der Waals surface area contributed by atoms with Crippen LogP contribution < -0.4 is 10.7 Å². The third kappa shape index (κ3) is 3.60. The minimum absolute atomic E-state index is 0.0603. The number of urea groups is 1. The number of hydrogen-bond acceptors (Lipinski definition) is 4. The van der Waals surface area contributed by atoms with Crippen LogP contribution in [0.25, 0.3) is 11.3 Å². The average Bonchev–Trinajstić information content (AvgIpc) is 3.26. The molecule has 152 valence electrons. The van der Waals surface area contributed by atoms with E-state index in [1.807, 2.05) is 0 Å². The highest BCUT2D eigenvalue weighted by atomic mass is 35.5. The Kier molecular flexibility index (Phi) is 5.04. The number of rotatable bonds is 3. The fourth-order valence-corrected chi connectivity index (χ4v) is 4.15. The molecule has 4 amide bonds. The van der Waals surface area contributed by atoms with Gasteiger partial charge in [0.2, 0.25) is 0 Å². The van der Waals surface area contributed by atoms with Crippen LogP contribution in [0.2, 0.25) is 10.0 Å². The SMILES string of the molecule is CC1CCC2(CC1)NC(=O)N(NC(=O)c1ccc(-c3cc(Cl)ccc3Cl)o1)C2=O. The number of imide groups is 1. The quantitative estimate of drug-likeness (QED) is 0.698. The number of carbonyl (C=O) groups is 3. The Labute approximate surface area is 177 Å². The van der Waals surface area contributed by atoms with E-state index in [1.54, 1.807) is 24.3 Å². The smallest absolute Gasteiger partial charge is 0.344 e. The lowest BCUT2D eigenvalue weighted by Gasteiger charge is -2.33. The van der Waals surface area contributed by atoms with E-state index in [-0.39, 0.29) is 5.76 Å². The second-order valence-corrected chi connectivity index (χ2v) is 8.41. The summed E-state index contributed by atoms with van der Waals surface area (Å²) in [4.78, 5) is 37.7. The van der Waals surface area contributed by atoms with E-state index in [1.165, 1.54) is 6.07 Å². The van der Waals surface area contributed by atoms with Crippen molar-refractivity contribution in [3.63, 3.8) is 0 Å². The van der Waals surface area contributed by atoms with Gasteiger partial charge in [-0.2, -0.15) is 5.01 Å². The van der Waals surface area contributed by atoms with Crippen molar-refractivity contribution in [3.05, 3.63) is 46.1 Å². The summed E-state index contributed by atoms with van der Waals surface area (Å²) in [5.74, 6) is -0.354. The maximum Gasteiger partial charge on any atom is 0.344 e. The molecule has 2 aliphatic rings. The Morgan fingerprint density at radius 3 is 2.66 bits per heavy atom. The van der Waals surface area contributed by atoms with Crippen molar-refractivity contribution < 1.29 is 18.8 Å². The van der Waals surface area contributed by atoms with Crippen molar-refractivity contribution in [2.45, 2.75) is 38.1 Å². The summed E-state index contributed by atoms with van der Waals surface area (Å²) in [6.07, 6.45) is 2.80. The third-order valence-electron chi connectivity index (χ3n) is 5.53. The summed E-state index contributed by atoms with van der Waals surface area (Å²) in [6.45, 7) is 2.12. The van der Waals surface area contributed by atoms with Gasteiger partial charge in [-0.15, -0.1) is 0 Å². The number of hydrazine groups is 1. The van der Waals surface area contributed by atoms with Gasteiger partial charge in [0, 0.05) is 10.6 Å². The molecular weight excluding hydrogens is 417 g/mol. The van der Waals surface area contributed by atoms with Crippen LogP contribution in [0, 0.1) is 5.92 Å². The summed E-state index contributed by atoms with van der Waals surface area (Å²) in [5, 5.41) is 4.38. The molecule has 1 spiro atoms. The zero-order valence-electron chi connectivity index (χ0n) is 15.6. The van der Waals surface area contributed by atoms with Crippen LogP contribution in [-0.2, 0) is 4.79 Å². The standard InChI is InChI=1S/C20H19Cl2N3O4/c1-11-6-8-20(9-7-11)18(27)25(19(28)23-20)24-17(26)16-5-4-15(29-16)13-10-12(21)2-3-14(13)22/h2-5,10-11H,6-9H2,1H3,(H,23,28)(H,24,26). The molecule has 1 aliphatic heterocycles. The summed E-state index contributed by atoms with van der Waals surface area (Å²) < 4.78 is 5.57.